The van der Waals surface area contributed by atoms with Crippen LogP contribution in [0.3, 0.4) is 0 Å². The third-order valence-electron chi connectivity index (χ3n) is 3.73. The van der Waals surface area contributed by atoms with Gasteiger partial charge in [0.25, 0.3) is 0 Å². The summed E-state index contributed by atoms with van der Waals surface area (Å²) in [5.41, 5.74) is 6.51. The Morgan fingerprint density at radius 3 is 2.21 bits per heavy atom. The van der Waals surface area contributed by atoms with E-state index >= 15 is 0 Å². The van der Waals surface area contributed by atoms with E-state index < -0.39 is 7.12 Å². The zero-order chi connectivity index (χ0) is 14.3. The number of hydrogen-bond acceptors (Lipinski definition) is 3. The summed E-state index contributed by atoms with van der Waals surface area (Å²) in [6.45, 7) is 8.10. The second kappa shape index (κ2) is 4.78. The topological polar surface area (TPSA) is 56.5 Å². The van der Waals surface area contributed by atoms with Gasteiger partial charge in [-0.05, 0) is 46.0 Å². The van der Waals surface area contributed by atoms with Crippen molar-refractivity contribution in [1.29, 1.82) is 0 Å². The molecular formula is C13H19BN2O2S. The van der Waals surface area contributed by atoms with Gasteiger partial charge in [0.2, 0.25) is 0 Å². The van der Waals surface area contributed by atoms with Crippen LogP contribution in [-0.4, -0.2) is 23.4 Å². The van der Waals surface area contributed by atoms with E-state index in [1.54, 1.807) is 0 Å². The fraction of sp³-hybridized carbons (Fsp3) is 0.462. The number of thiocarbonyl (C=S) groups is 1. The first-order valence-corrected chi connectivity index (χ1v) is 6.65. The molecule has 1 fully saturated rings. The molecule has 1 aliphatic heterocycles. The molecule has 1 saturated heterocycles. The number of anilines is 1. The quantitative estimate of drug-likeness (QED) is 0.636. The molecule has 0 saturated carbocycles. The third kappa shape index (κ3) is 2.75. The van der Waals surface area contributed by atoms with Crippen LogP contribution >= 0.6 is 12.2 Å². The van der Waals surface area contributed by atoms with Crippen molar-refractivity contribution in [2.75, 3.05) is 5.32 Å². The predicted octanol–water partition coefficient (Wildman–Crippen LogP) is 1.64. The Kier molecular flexibility index (Phi) is 3.60. The highest BCUT2D eigenvalue weighted by molar-refractivity contribution is 7.80. The van der Waals surface area contributed by atoms with Crippen molar-refractivity contribution >= 4 is 35.6 Å². The summed E-state index contributed by atoms with van der Waals surface area (Å²) in [6, 6.07) is 7.70. The lowest BCUT2D eigenvalue weighted by molar-refractivity contribution is 0.00578. The first-order chi connectivity index (χ1) is 8.73. The van der Waals surface area contributed by atoms with Crippen LogP contribution in [-0.2, 0) is 9.31 Å². The number of para-hydroxylation sites is 1. The van der Waals surface area contributed by atoms with Gasteiger partial charge in [-0.2, -0.15) is 0 Å². The third-order valence-corrected chi connectivity index (χ3v) is 3.83. The van der Waals surface area contributed by atoms with Crippen LogP contribution in [0.5, 0.6) is 0 Å². The maximum atomic E-state index is 6.03. The molecule has 1 aromatic carbocycles. The lowest BCUT2D eigenvalue weighted by Crippen LogP contribution is -2.41. The van der Waals surface area contributed by atoms with E-state index in [2.05, 4.69) is 5.32 Å². The van der Waals surface area contributed by atoms with Crippen molar-refractivity contribution in [2.45, 2.75) is 38.9 Å². The maximum Gasteiger partial charge on any atom is 0.496 e. The highest BCUT2D eigenvalue weighted by atomic mass is 32.1. The fourth-order valence-electron chi connectivity index (χ4n) is 1.92. The first-order valence-electron chi connectivity index (χ1n) is 6.24. The van der Waals surface area contributed by atoms with Crippen LogP contribution in [0.2, 0.25) is 0 Å². The van der Waals surface area contributed by atoms with E-state index in [1.165, 1.54) is 0 Å². The van der Waals surface area contributed by atoms with Crippen LogP contribution in [0.25, 0.3) is 0 Å². The van der Waals surface area contributed by atoms with E-state index in [4.69, 9.17) is 27.3 Å². The minimum Gasteiger partial charge on any atom is -0.399 e. The minimum absolute atomic E-state index is 0.226. The smallest absolute Gasteiger partial charge is 0.399 e. The highest BCUT2D eigenvalue weighted by Crippen LogP contribution is 2.36. The van der Waals surface area contributed by atoms with Gasteiger partial charge < -0.3 is 20.4 Å². The van der Waals surface area contributed by atoms with Crippen molar-refractivity contribution in [3.05, 3.63) is 24.3 Å². The van der Waals surface area contributed by atoms with Crippen LogP contribution in [0, 0.1) is 0 Å². The maximum absolute atomic E-state index is 6.03. The highest BCUT2D eigenvalue weighted by Gasteiger charge is 2.52. The second-order valence-electron chi connectivity index (χ2n) is 5.66. The van der Waals surface area contributed by atoms with Gasteiger partial charge in [0.05, 0.1) is 11.2 Å². The summed E-state index contributed by atoms with van der Waals surface area (Å²) in [6.07, 6.45) is 0. The van der Waals surface area contributed by atoms with Crippen molar-refractivity contribution in [1.82, 2.24) is 0 Å². The van der Waals surface area contributed by atoms with E-state index in [0.717, 1.165) is 11.2 Å². The Labute approximate surface area is 119 Å². The average molecular weight is 278 g/mol. The zero-order valence-electron chi connectivity index (χ0n) is 11.7. The summed E-state index contributed by atoms with van der Waals surface area (Å²) in [7, 11) is -0.428. The van der Waals surface area contributed by atoms with E-state index in [0.29, 0.717) is 0 Å². The summed E-state index contributed by atoms with van der Waals surface area (Å²) < 4.78 is 12.1. The number of hydrogen-bond donors (Lipinski definition) is 2. The fourth-order valence-corrected chi connectivity index (χ4v) is 2.03. The standard InChI is InChI=1S/C13H19BN2O2S/c1-12(2)13(3,4)18-14(17-12)9-7-5-6-8-10(9)16-11(15)19/h5-8H,1-4H3,(H3,15,16,19). The Morgan fingerprint density at radius 2 is 1.68 bits per heavy atom. The second-order valence-corrected chi connectivity index (χ2v) is 6.10. The van der Waals surface area contributed by atoms with Crippen molar-refractivity contribution in [3.8, 4) is 0 Å². The molecular weight excluding hydrogens is 259 g/mol. The summed E-state index contributed by atoms with van der Waals surface area (Å²) >= 11 is 4.89. The van der Waals surface area contributed by atoms with Crippen molar-refractivity contribution in [2.24, 2.45) is 5.73 Å². The van der Waals surface area contributed by atoms with Gasteiger partial charge in [-0.1, -0.05) is 18.2 Å². The molecule has 4 nitrogen and oxygen atoms in total. The number of benzene rings is 1. The van der Waals surface area contributed by atoms with Gasteiger partial charge in [0.15, 0.2) is 5.11 Å². The van der Waals surface area contributed by atoms with E-state index in [9.17, 15) is 0 Å². The van der Waals surface area contributed by atoms with Gasteiger partial charge in [0, 0.05) is 11.2 Å². The van der Waals surface area contributed by atoms with Crippen molar-refractivity contribution < 1.29 is 9.31 Å². The molecule has 102 valence electrons. The lowest BCUT2D eigenvalue weighted by Gasteiger charge is -2.32. The van der Waals surface area contributed by atoms with Gasteiger partial charge in [-0.3, -0.25) is 0 Å². The SMILES string of the molecule is CC1(C)OB(c2ccccc2NC(N)=S)OC1(C)C. The molecule has 19 heavy (non-hydrogen) atoms. The molecule has 2 rings (SSSR count). The molecule has 0 bridgehead atoms. The molecule has 1 aliphatic rings. The number of nitrogens with two attached hydrogens (primary N) is 1. The summed E-state index contributed by atoms with van der Waals surface area (Å²) in [4.78, 5) is 0. The molecule has 0 radical (unpaired) electrons. The lowest BCUT2D eigenvalue weighted by atomic mass is 9.78. The van der Waals surface area contributed by atoms with E-state index in [-0.39, 0.29) is 16.3 Å². The van der Waals surface area contributed by atoms with Crippen LogP contribution < -0.4 is 16.5 Å². The molecule has 0 spiro atoms. The first kappa shape index (κ1) is 14.3. The predicted molar refractivity (Wildman–Crippen MR) is 82.6 cm³/mol. The molecule has 0 unspecified atom stereocenters. The Balaban J connectivity index is 2.32. The van der Waals surface area contributed by atoms with Crippen molar-refractivity contribution in [3.63, 3.8) is 0 Å². The number of rotatable bonds is 2. The normalized spacial score (nSPS) is 20.3. The Hall–Kier alpha value is -1.11. The van der Waals surface area contributed by atoms with Gasteiger partial charge in [0.1, 0.15) is 0 Å². The molecule has 6 heteroatoms. The Bertz CT molecular complexity index is 489. The van der Waals surface area contributed by atoms with Gasteiger partial charge in [-0.25, -0.2) is 0 Å². The molecule has 3 N–H and O–H groups in total. The van der Waals surface area contributed by atoms with Gasteiger partial charge in [-0.15, -0.1) is 0 Å². The van der Waals surface area contributed by atoms with E-state index in [1.807, 2.05) is 52.0 Å². The Morgan fingerprint density at radius 1 is 1.16 bits per heavy atom. The number of nitrogens with one attached hydrogen (secondary N) is 1. The summed E-state index contributed by atoms with van der Waals surface area (Å²) in [5, 5.41) is 3.18. The average Bonchev–Trinajstić information content (AvgIpc) is 2.48. The summed E-state index contributed by atoms with van der Waals surface area (Å²) in [5.74, 6) is 0. The van der Waals surface area contributed by atoms with Crippen LogP contribution in [0.15, 0.2) is 24.3 Å². The molecule has 0 aromatic heterocycles. The molecule has 1 aromatic rings. The molecule has 1 heterocycles. The zero-order valence-corrected chi connectivity index (χ0v) is 12.5. The minimum atomic E-state index is -0.428. The van der Waals surface area contributed by atoms with Crippen LogP contribution in [0.4, 0.5) is 5.69 Å². The van der Waals surface area contributed by atoms with Crippen LogP contribution in [0.1, 0.15) is 27.7 Å². The monoisotopic (exact) mass is 278 g/mol. The van der Waals surface area contributed by atoms with Gasteiger partial charge >= 0.3 is 7.12 Å². The molecule has 0 atom stereocenters. The molecule has 0 aliphatic carbocycles. The largest absolute Gasteiger partial charge is 0.496 e. The molecule has 0 amide bonds.